The van der Waals surface area contributed by atoms with Crippen molar-refractivity contribution in [2.45, 2.75) is 25.8 Å². The van der Waals surface area contributed by atoms with E-state index >= 15 is 0 Å². The van der Waals surface area contributed by atoms with Gasteiger partial charge in [-0.3, -0.25) is 14.5 Å². The summed E-state index contributed by atoms with van der Waals surface area (Å²) >= 11 is 3.34. The second kappa shape index (κ2) is 6.30. The molecule has 1 aliphatic rings. The Morgan fingerprint density at radius 2 is 1.79 bits per heavy atom. The first-order chi connectivity index (χ1) is 9.09. The molecule has 102 valence electrons. The van der Waals surface area contributed by atoms with Gasteiger partial charge in [0, 0.05) is 23.0 Å². The molecule has 5 heteroatoms. The molecular weight excluding hydrogens is 308 g/mol. The first kappa shape index (κ1) is 14.2. The van der Waals surface area contributed by atoms with E-state index in [0.717, 1.165) is 30.4 Å². The van der Waals surface area contributed by atoms with Gasteiger partial charge in [-0.1, -0.05) is 15.9 Å². The number of benzene rings is 1. The van der Waals surface area contributed by atoms with Crippen LogP contribution in [0.1, 0.15) is 30.1 Å². The van der Waals surface area contributed by atoms with Crippen LogP contribution in [-0.2, 0) is 4.79 Å². The van der Waals surface area contributed by atoms with Gasteiger partial charge in [-0.25, -0.2) is 0 Å². The minimum Gasteiger partial charge on any atom is -0.317 e. The van der Waals surface area contributed by atoms with Gasteiger partial charge in [0.1, 0.15) is 0 Å². The number of nitrogens with one attached hydrogen (secondary N) is 1. The molecule has 1 fully saturated rings. The summed E-state index contributed by atoms with van der Waals surface area (Å²) in [5.74, 6) is -0.383. The number of hydrogen-bond donors (Lipinski definition) is 1. The topological polar surface area (TPSA) is 49.4 Å². The van der Waals surface area contributed by atoms with Crippen molar-refractivity contribution in [2.75, 3.05) is 13.1 Å². The monoisotopic (exact) mass is 324 g/mol. The quantitative estimate of drug-likeness (QED) is 0.907. The van der Waals surface area contributed by atoms with E-state index in [-0.39, 0.29) is 17.9 Å². The lowest BCUT2D eigenvalue weighted by Crippen LogP contribution is -2.48. The third-order valence-electron chi connectivity index (χ3n) is 3.32. The number of carbonyl (C=O) groups is 2. The van der Waals surface area contributed by atoms with Crippen molar-refractivity contribution in [3.63, 3.8) is 0 Å². The van der Waals surface area contributed by atoms with Crippen LogP contribution in [0.3, 0.4) is 0 Å². The molecule has 1 aromatic carbocycles. The highest BCUT2D eigenvalue weighted by atomic mass is 79.9. The second-order valence-electron chi connectivity index (χ2n) is 4.68. The lowest BCUT2D eigenvalue weighted by atomic mass is 10.0. The molecule has 1 heterocycles. The average molecular weight is 325 g/mol. The fourth-order valence-corrected chi connectivity index (χ4v) is 2.63. The first-order valence-electron chi connectivity index (χ1n) is 6.40. The molecule has 0 atom stereocenters. The number of imide groups is 1. The normalized spacial score (nSPS) is 16.1. The second-order valence-corrected chi connectivity index (χ2v) is 5.60. The van der Waals surface area contributed by atoms with Gasteiger partial charge in [0.15, 0.2) is 0 Å². The standard InChI is InChI=1S/C14H17BrN2O2/c1-10(18)17(13-6-8-16-9-7-13)14(19)11-2-4-12(15)5-3-11/h2-5,13,16H,6-9H2,1H3. The van der Waals surface area contributed by atoms with E-state index in [0.29, 0.717) is 5.56 Å². The lowest BCUT2D eigenvalue weighted by molar-refractivity contribution is -0.128. The molecule has 0 aliphatic carbocycles. The zero-order chi connectivity index (χ0) is 13.8. The van der Waals surface area contributed by atoms with Crippen molar-refractivity contribution in [1.82, 2.24) is 10.2 Å². The maximum atomic E-state index is 12.5. The van der Waals surface area contributed by atoms with Crippen LogP contribution >= 0.6 is 15.9 Å². The van der Waals surface area contributed by atoms with Gasteiger partial charge in [0.05, 0.1) is 0 Å². The van der Waals surface area contributed by atoms with Crippen LogP contribution in [0.15, 0.2) is 28.7 Å². The van der Waals surface area contributed by atoms with E-state index in [1.165, 1.54) is 11.8 Å². The van der Waals surface area contributed by atoms with E-state index in [9.17, 15) is 9.59 Å². The minimum absolute atomic E-state index is 0.00916. The predicted octanol–water partition coefficient (Wildman–Crippen LogP) is 2.19. The molecule has 2 amide bonds. The SMILES string of the molecule is CC(=O)N(C(=O)c1ccc(Br)cc1)C1CCNCC1. The van der Waals surface area contributed by atoms with Crippen LogP contribution in [0.2, 0.25) is 0 Å². The third kappa shape index (κ3) is 3.42. The van der Waals surface area contributed by atoms with Crippen molar-refractivity contribution in [3.8, 4) is 0 Å². The molecule has 0 bridgehead atoms. The summed E-state index contributed by atoms with van der Waals surface area (Å²) in [4.78, 5) is 25.7. The maximum Gasteiger partial charge on any atom is 0.260 e. The molecule has 1 N–H and O–H groups in total. The van der Waals surface area contributed by atoms with Crippen LogP contribution in [0.4, 0.5) is 0 Å². The average Bonchev–Trinajstić information content (AvgIpc) is 2.40. The molecule has 0 radical (unpaired) electrons. The van der Waals surface area contributed by atoms with Crippen LogP contribution in [0, 0.1) is 0 Å². The van der Waals surface area contributed by atoms with Crippen molar-refractivity contribution in [3.05, 3.63) is 34.3 Å². The predicted molar refractivity (Wildman–Crippen MR) is 76.9 cm³/mol. The summed E-state index contributed by atoms with van der Waals surface area (Å²) in [6.45, 7) is 3.16. The lowest BCUT2D eigenvalue weighted by Gasteiger charge is -2.32. The van der Waals surface area contributed by atoms with Crippen LogP contribution in [0.5, 0.6) is 0 Å². The Labute approximate surface area is 121 Å². The number of nitrogens with zero attached hydrogens (tertiary/aromatic N) is 1. The molecule has 4 nitrogen and oxygen atoms in total. The van der Waals surface area contributed by atoms with Gasteiger partial charge < -0.3 is 5.32 Å². The fraction of sp³-hybridized carbons (Fsp3) is 0.429. The number of carbonyl (C=O) groups excluding carboxylic acids is 2. The summed E-state index contributed by atoms with van der Waals surface area (Å²) in [5, 5.41) is 3.24. The van der Waals surface area contributed by atoms with Gasteiger partial charge in [0.2, 0.25) is 5.91 Å². The molecule has 2 rings (SSSR count). The van der Waals surface area contributed by atoms with Gasteiger partial charge in [-0.05, 0) is 50.2 Å². The van der Waals surface area contributed by atoms with E-state index in [1.807, 2.05) is 12.1 Å². The third-order valence-corrected chi connectivity index (χ3v) is 3.85. The highest BCUT2D eigenvalue weighted by Gasteiger charge is 2.29. The Morgan fingerprint density at radius 1 is 1.21 bits per heavy atom. The van der Waals surface area contributed by atoms with Crippen LogP contribution in [-0.4, -0.2) is 35.8 Å². The Bertz CT molecular complexity index is 467. The fourth-order valence-electron chi connectivity index (χ4n) is 2.36. The Morgan fingerprint density at radius 3 is 2.32 bits per heavy atom. The zero-order valence-electron chi connectivity index (χ0n) is 10.9. The van der Waals surface area contributed by atoms with Crippen molar-refractivity contribution in [2.24, 2.45) is 0 Å². The van der Waals surface area contributed by atoms with E-state index in [1.54, 1.807) is 12.1 Å². The number of halogens is 1. The molecule has 0 saturated carbocycles. The Hall–Kier alpha value is -1.20. The molecule has 0 aromatic heterocycles. The van der Waals surface area contributed by atoms with Crippen LogP contribution < -0.4 is 5.32 Å². The van der Waals surface area contributed by atoms with Crippen molar-refractivity contribution < 1.29 is 9.59 Å². The smallest absolute Gasteiger partial charge is 0.260 e. The van der Waals surface area contributed by atoms with Gasteiger partial charge >= 0.3 is 0 Å². The van der Waals surface area contributed by atoms with Crippen molar-refractivity contribution >= 4 is 27.7 Å². The number of piperidine rings is 1. The minimum atomic E-state index is -0.202. The number of amides is 2. The van der Waals surface area contributed by atoms with Gasteiger partial charge in [-0.15, -0.1) is 0 Å². The maximum absolute atomic E-state index is 12.5. The van der Waals surface area contributed by atoms with Gasteiger partial charge in [-0.2, -0.15) is 0 Å². The summed E-state index contributed by atoms with van der Waals surface area (Å²) in [5.41, 5.74) is 0.553. The molecule has 0 spiro atoms. The zero-order valence-corrected chi connectivity index (χ0v) is 12.4. The van der Waals surface area contributed by atoms with Crippen LogP contribution in [0.25, 0.3) is 0 Å². The van der Waals surface area contributed by atoms with E-state index < -0.39 is 0 Å². The summed E-state index contributed by atoms with van der Waals surface area (Å²) in [6, 6.07) is 7.12. The summed E-state index contributed by atoms with van der Waals surface area (Å²) in [7, 11) is 0. The van der Waals surface area contributed by atoms with Gasteiger partial charge in [0.25, 0.3) is 5.91 Å². The summed E-state index contributed by atoms with van der Waals surface area (Å²) < 4.78 is 0.917. The molecule has 1 saturated heterocycles. The number of rotatable bonds is 2. The molecular formula is C14H17BrN2O2. The highest BCUT2D eigenvalue weighted by molar-refractivity contribution is 9.10. The first-order valence-corrected chi connectivity index (χ1v) is 7.19. The molecule has 1 aliphatic heterocycles. The van der Waals surface area contributed by atoms with E-state index in [4.69, 9.17) is 0 Å². The summed E-state index contributed by atoms with van der Waals surface area (Å²) in [6.07, 6.45) is 1.64. The highest BCUT2D eigenvalue weighted by Crippen LogP contribution is 2.18. The molecule has 19 heavy (non-hydrogen) atoms. The van der Waals surface area contributed by atoms with E-state index in [2.05, 4.69) is 21.2 Å². The van der Waals surface area contributed by atoms with Crippen molar-refractivity contribution in [1.29, 1.82) is 0 Å². The largest absolute Gasteiger partial charge is 0.317 e. The Balaban J connectivity index is 2.20. The number of hydrogen-bond acceptors (Lipinski definition) is 3. The molecule has 0 unspecified atom stereocenters. The molecule has 1 aromatic rings. The Kier molecular flexibility index (Phi) is 4.71.